The van der Waals surface area contributed by atoms with Crippen LogP contribution in [0.3, 0.4) is 0 Å². The first kappa shape index (κ1) is 16.8. The van der Waals surface area contributed by atoms with Gasteiger partial charge in [-0.2, -0.15) is 0 Å². The van der Waals surface area contributed by atoms with Gasteiger partial charge in [-0.25, -0.2) is 0 Å². The van der Waals surface area contributed by atoms with Crippen LogP contribution >= 0.6 is 11.3 Å². The molecule has 0 spiro atoms. The number of nitrogens with one attached hydrogen (secondary N) is 1. The van der Waals surface area contributed by atoms with E-state index in [1.807, 2.05) is 12.3 Å². The molecule has 5 rings (SSSR count). The van der Waals surface area contributed by atoms with E-state index in [-0.39, 0.29) is 11.9 Å². The molecule has 6 heteroatoms. The molecule has 2 aromatic heterocycles. The van der Waals surface area contributed by atoms with E-state index in [0.717, 1.165) is 29.7 Å². The second kappa shape index (κ2) is 6.92. The highest BCUT2D eigenvalue weighted by atomic mass is 32.1. The maximum atomic E-state index is 12.7. The summed E-state index contributed by atoms with van der Waals surface area (Å²) in [7, 11) is 0. The highest BCUT2D eigenvalue weighted by molar-refractivity contribution is 7.22. The summed E-state index contributed by atoms with van der Waals surface area (Å²) in [6.45, 7) is 9.67. The van der Waals surface area contributed by atoms with Gasteiger partial charge >= 0.3 is 0 Å². The van der Waals surface area contributed by atoms with Gasteiger partial charge in [-0.05, 0) is 57.8 Å². The van der Waals surface area contributed by atoms with Crippen molar-refractivity contribution in [2.75, 3.05) is 37.6 Å². The van der Waals surface area contributed by atoms with E-state index < -0.39 is 0 Å². The lowest BCUT2D eigenvalue weighted by atomic mass is 9.84. The predicted molar refractivity (Wildman–Crippen MR) is 104 cm³/mol. The number of piperidine rings is 3. The van der Waals surface area contributed by atoms with Gasteiger partial charge in [0.15, 0.2) is 0 Å². The molecule has 134 valence electrons. The van der Waals surface area contributed by atoms with Crippen molar-refractivity contribution in [1.82, 2.24) is 15.2 Å². The average molecular weight is 359 g/mol. The molecule has 0 radical (unpaired) electrons. The van der Waals surface area contributed by atoms with Crippen molar-refractivity contribution in [2.45, 2.75) is 32.7 Å². The molecular weight excluding hydrogens is 332 g/mol. The lowest BCUT2D eigenvalue weighted by Gasteiger charge is -2.44. The number of thiophene rings is 1. The molecular formula is C19H26N4OS. The summed E-state index contributed by atoms with van der Waals surface area (Å²) in [5.41, 5.74) is 0.539. The van der Waals surface area contributed by atoms with Gasteiger partial charge in [-0.1, -0.05) is 0 Å². The van der Waals surface area contributed by atoms with Crippen LogP contribution in [0.2, 0.25) is 0 Å². The normalized spacial score (nSPS) is 25.3. The lowest BCUT2D eigenvalue weighted by molar-refractivity contribution is 0.0618. The third-order valence-corrected chi connectivity index (χ3v) is 6.83. The summed E-state index contributed by atoms with van der Waals surface area (Å²) in [5, 5.41) is 5.60. The number of anilines is 1. The Morgan fingerprint density at radius 2 is 2.08 bits per heavy atom. The number of aromatic nitrogens is 1. The fourth-order valence-corrected chi connectivity index (χ4v) is 5.30. The number of amides is 1. The Bertz CT molecular complexity index is 762. The molecule has 5 heterocycles. The largest absolute Gasteiger partial charge is 0.364 e. The van der Waals surface area contributed by atoms with E-state index in [9.17, 15) is 4.79 Å². The van der Waals surface area contributed by atoms with Crippen LogP contribution in [-0.4, -0.2) is 54.6 Å². The summed E-state index contributed by atoms with van der Waals surface area (Å²) in [5.74, 6) is 0.604. The van der Waals surface area contributed by atoms with Gasteiger partial charge in [-0.15, -0.1) is 11.3 Å². The molecule has 3 aliphatic rings. The monoisotopic (exact) mass is 358 g/mol. The predicted octanol–water partition coefficient (Wildman–Crippen LogP) is 2.97. The second-order valence-corrected chi connectivity index (χ2v) is 8.14. The zero-order chi connectivity index (χ0) is 17.4. The number of carbonyl (C=O) groups excluding carboxylic acids is 1. The van der Waals surface area contributed by atoms with Crippen molar-refractivity contribution < 1.29 is 4.79 Å². The fraction of sp³-hybridized carbons (Fsp3) is 0.579. The standard InChI is InChI=1S/C19H26N4OS/c1-3-23(4-2)18-9-14-11-20-15(10-17(14)25-18)19(24)21-16-12-22-7-5-13(16)6-8-22/h9-11,13,16H,3-8,12H2,1-2H3,(H,21,24)/t16-/m0/s1. The van der Waals surface area contributed by atoms with Crippen molar-refractivity contribution in [1.29, 1.82) is 0 Å². The van der Waals surface area contributed by atoms with Gasteiger partial charge < -0.3 is 15.1 Å². The van der Waals surface area contributed by atoms with Gasteiger partial charge in [-0.3, -0.25) is 9.78 Å². The molecule has 0 aliphatic carbocycles. The summed E-state index contributed by atoms with van der Waals surface area (Å²) < 4.78 is 1.14. The average Bonchev–Trinajstić information content (AvgIpc) is 3.06. The Morgan fingerprint density at radius 3 is 2.72 bits per heavy atom. The number of carbonyl (C=O) groups is 1. The van der Waals surface area contributed by atoms with Crippen molar-refractivity contribution >= 4 is 32.3 Å². The van der Waals surface area contributed by atoms with Crippen molar-refractivity contribution in [3.05, 3.63) is 24.0 Å². The Balaban J connectivity index is 1.51. The first-order valence-electron chi connectivity index (χ1n) is 9.35. The number of rotatable bonds is 5. The molecule has 0 unspecified atom stereocenters. The third-order valence-electron chi connectivity index (χ3n) is 5.67. The van der Waals surface area contributed by atoms with Crippen molar-refractivity contribution in [3.63, 3.8) is 0 Å². The maximum absolute atomic E-state index is 12.7. The number of fused-ring (bicyclic) bond motifs is 4. The highest BCUT2D eigenvalue weighted by Crippen LogP contribution is 2.32. The zero-order valence-corrected chi connectivity index (χ0v) is 15.8. The fourth-order valence-electron chi connectivity index (χ4n) is 4.11. The Morgan fingerprint density at radius 1 is 1.32 bits per heavy atom. The van der Waals surface area contributed by atoms with Crippen molar-refractivity contribution in [2.24, 2.45) is 5.92 Å². The SMILES string of the molecule is CCN(CC)c1cc2cnc(C(=O)N[C@H]3CN4CCC3CC4)cc2s1. The zero-order valence-electron chi connectivity index (χ0n) is 15.0. The first-order chi connectivity index (χ1) is 12.2. The van der Waals surface area contributed by atoms with Gasteiger partial charge in [0.2, 0.25) is 0 Å². The van der Waals surface area contributed by atoms with Crippen LogP contribution in [0.5, 0.6) is 0 Å². The smallest absolute Gasteiger partial charge is 0.270 e. The van der Waals surface area contributed by atoms with E-state index in [4.69, 9.17) is 0 Å². The molecule has 2 bridgehead atoms. The molecule has 2 aromatic rings. The molecule has 3 saturated heterocycles. The molecule has 1 N–H and O–H groups in total. The molecule has 0 saturated carbocycles. The second-order valence-electron chi connectivity index (χ2n) is 7.08. The van der Waals surface area contributed by atoms with E-state index in [1.54, 1.807) is 11.3 Å². The molecule has 3 aliphatic heterocycles. The minimum Gasteiger partial charge on any atom is -0.364 e. The van der Waals surface area contributed by atoms with Crippen LogP contribution < -0.4 is 10.2 Å². The van der Waals surface area contributed by atoms with E-state index in [0.29, 0.717) is 11.6 Å². The number of nitrogens with zero attached hydrogens (tertiary/aromatic N) is 3. The molecule has 25 heavy (non-hydrogen) atoms. The van der Waals surface area contributed by atoms with Gasteiger partial charge in [0, 0.05) is 42.0 Å². The summed E-state index contributed by atoms with van der Waals surface area (Å²) >= 11 is 1.74. The summed E-state index contributed by atoms with van der Waals surface area (Å²) in [4.78, 5) is 21.9. The van der Waals surface area contributed by atoms with E-state index >= 15 is 0 Å². The first-order valence-corrected chi connectivity index (χ1v) is 10.2. The highest BCUT2D eigenvalue weighted by Gasteiger charge is 2.35. The molecule has 3 fully saturated rings. The van der Waals surface area contributed by atoms with Crippen LogP contribution in [0.1, 0.15) is 37.2 Å². The van der Waals surface area contributed by atoms with Gasteiger partial charge in [0.1, 0.15) is 5.69 Å². The molecule has 1 atom stereocenters. The van der Waals surface area contributed by atoms with E-state index in [1.165, 1.54) is 30.9 Å². The quantitative estimate of drug-likeness (QED) is 0.893. The van der Waals surface area contributed by atoms with E-state index in [2.05, 4.69) is 40.0 Å². The van der Waals surface area contributed by atoms with Crippen LogP contribution in [-0.2, 0) is 0 Å². The maximum Gasteiger partial charge on any atom is 0.270 e. The third kappa shape index (κ3) is 3.25. The van der Waals surface area contributed by atoms with Crippen molar-refractivity contribution in [3.8, 4) is 0 Å². The Kier molecular flexibility index (Phi) is 4.65. The minimum atomic E-state index is -0.0292. The Labute approximate surface area is 153 Å². The van der Waals surface area contributed by atoms with Crippen LogP contribution in [0.25, 0.3) is 10.1 Å². The molecule has 1 amide bonds. The molecule has 0 aromatic carbocycles. The summed E-state index contributed by atoms with van der Waals surface area (Å²) in [6, 6.07) is 4.40. The van der Waals surface area contributed by atoms with Gasteiger partial charge in [0.05, 0.1) is 5.00 Å². The number of pyridine rings is 1. The Hall–Kier alpha value is -1.66. The van der Waals surface area contributed by atoms with Crippen LogP contribution in [0.15, 0.2) is 18.3 Å². The van der Waals surface area contributed by atoms with Gasteiger partial charge in [0.25, 0.3) is 5.91 Å². The summed E-state index contributed by atoms with van der Waals surface area (Å²) in [6.07, 6.45) is 4.25. The molecule has 5 nitrogen and oxygen atoms in total. The van der Waals surface area contributed by atoms with Crippen LogP contribution in [0.4, 0.5) is 5.00 Å². The minimum absolute atomic E-state index is 0.0292. The lowest BCUT2D eigenvalue weighted by Crippen LogP contribution is -2.57. The number of hydrogen-bond acceptors (Lipinski definition) is 5. The topological polar surface area (TPSA) is 48.5 Å². The number of hydrogen-bond donors (Lipinski definition) is 1. The van der Waals surface area contributed by atoms with Crippen LogP contribution in [0, 0.1) is 5.92 Å².